The highest BCUT2D eigenvalue weighted by atomic mass is 35.5. The number of hydrogen-bond acceptors (Lipinski definition) is 3. The molecule has 110 valence electrons. The molecule has 0 radical (unpaired) electrons. The molecule has 1 aromatic heterocycles. The maximum atomic E-state index is 13.8. The number of rotatable bonds is 3. The lowest BCUT2D eigenvalue weighted by molar-refractivity contribution is 0.0695. The van der Waals surface area contributed by atoms with Crippen molar-refractivity contribution < 1.29 is 19.0 Å². The molecule has 7 heteroatoms. The monoisotopic (exact) mass is 311 g/mol. The summed E-state index contributed by atoms with van der Waals surface area (Å²) in [5, 5.41) is 8.88. The molecule has 1 aromatic carbocycles. The van der Waals surface area contributed by atoms with Gasteiger partial charge >= 0.3 is 5.97 Å². The van der Waals surface area contributed by atoms with Crippen LogP contribution in [-0.2, 0) is 0 Å². The zero-order valence-corrected chi connectivity index (χ0v) is 11.8. The molecule has 5 nitrogen and oxygen atoms in total. The summed E-state index contributed by atoms with van der Waals surface area (Å²) in [5.41, 5.74) is -0.803. The number of pyridine rings is 1. The van der Waals surface area contributed by atoms with E-state index >= 15 is 0 Å². The zero-order valence-electron chi connectivity index (χ0n) is 11.0. The predicted molar refractivity (Wildman–Crippen MR) is 75.0 cm³/mol. The SMILES string of the molecule is COc1c(Cl)c(F)cc2c(=O)c(C(=O)O)cn(C3CC3)c12. The molecule has 1 fully saturated rings. The third-order valence-electron chi connectivity index (χ3n) is 3.54. The Morgan fingerprint density at radius 2 is 2.19 bits per heavy atom. The highest BCUT2D eigenvalue weighted by Crippen LogP contribution is 2.42. The van der Waals surface area contributed by atoms with Crippen molar-refractivity contribution in [1.82, 2.24) is 4.57 Å². The third-order valence-corrected chi connectivity index (χ3v) is 3.89. The van der Waals surface area contributed by atoms with E-state index < -0.39 is 22.8 Å². The van der Waals surface area contributed by atoms with Crippen LogP contribution in [0.4, 0.5) is 4.39 Å². The maximum Gasteiger partial charge on any atom is 0.341 e. The minimum atomic E-state index is -1.34. The Labute approximate surface area is 123 Å². The molecule has 0 bridgehead atoms. The number of aromatic nitrogens is 1. The van der Waals surface area contributed by atoms with E-state index in [-0.39, 0.29) is 22.2 Å². The first kappa shape index (κ1) is 13.9. The number of carboxylic acid groups (broad SMARTS) is 1. The Balaban J connectivity index is 2.52. The fourth-order valence-corrected chi connectivity index (χ4v) is 2.63. The largest absolute Gasteiger partial charge is 0.493 e. The minimum absolute atomic E-state index is 0.0412. The average Bonchev–Trinajstić information content (AvgIpc) is 3.26. The van der Waals surface area contributed by atoms with Gasteiger partial charge in [0.25, 0.3) is 0 Å². The first-order valence-corrected chi connectivity index (χ1v) is 6.67. The van der Waals surface area contributed by atoms with Crippen molar-refractivity contribution in [2.24, 2.45) is 0 Å². The van der Waals surface area contributed by atoms with Crippen LogP contribution in [0.5, 0.6) is 5.75 Å². The van der Waals surface area contributed by atoms with E-state index in [0.29, 0.717) is 5.52 Å². The van der Waals surface area contributed by atoms with E-state index in [1.54, 1.807) is 4.57 Å². The number of halogens is 2. The highest BCUT2D eigenvalue weighted by Gasteiger charge is 2.29. The number of ether oxygens (including phenoxy) is 1. The molecule has 2 aromatic rings. The van der Waals surface area contributed by atoms with Crippen LogP contribution in [0.1, 0.15) is 29.2 Å². The second kappa shape index (κ2) is 4.73. The normalized spacial score (nSPS) is 14.4. The molecule has 0 saturated heterocycles. The van der Waals surface area contributed by atoms with Crippen molar-refractivity contribution in [2.75, 3.05) is 7.11 Å². The van der Waals surface area contributed by atoms with E-state index in [9.17, 15) is 14.0 Å². The summed E-state index contributed by atoms with van der Waals surface area (Å²) in [7, 11) is 1.33. The Bertz CT molecular complexity index is 826. The van der Waals surface area contributed by atoms with Crippen molar-refractivity contribution in [2.45, 2.75) is 18.9 Å². The summed E-state index contributed by atoms with van der Waals surface area (Å²) in [6, 6.07) is 1.04. The maximum absolute atomic E-state index is 13.8. The standard InChI is InChI=1S/C14H11ClFNO4/c1-21-13-10(15)9(16)4-7-11(13)17(6-2-3-6)5-8(12(7)18)14(19)20/h4-6H,2-3H2,1H3,(H,19,20). The van der Waals surface area contributed by atoms with Gasteiger partial charge in [-0.15, -0.1) is 0 Å². The number of aromatic carboxylic acids is 1. The molecule has 1 saturated carbocycles. The van der Waals surface area contributed by atoms with Gasteiger partial charge in [0.1, 0.15) is 16.4 Å². The second-order valence-corrected chi connectivity index (χ2v) is 5.30. The van der Waals surface area contributed by atoms with Gasteiger partial charge in [-0.25, -0.2) is 9.18 Å². The molecule has 0 atom stereocenters. The number of hydrogen-bond donors (Lipinski definition) is 1. The lowest BCUT2D eigenvalue weighted by Crippen LogP contribution is -2.19. The van der Waals surface area contributed by atoms with E-state index in [2.05, 4.69) is 0 Å². The minimum Gasteiger partial charge on any atom is -0.493 e. The first-order chi connectivity index (χ1) is 9.95. The molecule has 0 spiro atoms. The summed E-state index contributed by atoms with van der Waals surface area (Å²) in [5.74, 6) is -2.11. The third kappa shape index (κ3) is 2.06. The van der Waals surface area contributed by atoms with Crippen molar-refractivity contribution in [3.05, 3.63) is 38.9 Å². The molecule has 21 heavy (non-hydrogen) atoms. The van der Waals surface area contributed by atoms with E-state index in [0.717, 1.165) is 18.9 Å². The summed E-state index contributed by atoms with van der Waals surface area (Å²) in [6.07, 6.45) is 2.99. The van der Waals surface area contributed by atoms with Crippen LogP contribution < -0.4 is 10.2 Å². The van der Waals surface area contributed by atoms with Crippen molar-refractivity contribution >= 4 is 28.5 Å². The van der Waals surface area contributed by atoms with Gasteiger partial charge in [-0.1, -0.05) is 11.6 Å². The highest BCUT2D eigenvalue weighted by molar-refractivity contribution is 6.33. The van der Waals surface area contributed by atoms with Crippen LogP contribution in [0.2, 0.25) is 5.02 Å². The molecule has 1 N–H and O–H groups in total. The van der Waals surface area contributed by atoms with Gasteiger partial charge in [0.2, 0.25) is 5.43 Å². The van der Waals surface area contributed by atoms with Gasteiger partial charge in [-0.2, -0.15) is 0 Å². The Morgan fingerprint density at radius 1 is 1.52 bits per heavy atom. The van der Waals surface area contributed by atoms with Gasteiger partial charge in [-0.3, -0.25) is 4.79 Å². The van der Waals surface area contributed by atoms with Gasteiger partial charge < -0.3 is 14.4 Å². The molecule has 0 aliphatic heterocycles. The summed E-state index contributed by atoms with van der Waals surface area (Å²) in [4.78, 5) is 23.4. The van der Waals surface area contributed by atoms with Crippen LogP contribution in [0.15, 0.2) is 17.1 Å². The van der Waals surface area contributed by atoms with Crippen LogP contribution in [-0.4, -0.2) is 22.8 Å². The Hall–Kier alpha value is -2.08. The van der Waals surface area contributed by atoms with E-state index in [1.807, 2.05) is 0 Å². The molecule has 0 unspecified atom stereocenters. The topological polar surface area (TPSA) is 68.5 Å². The van der Waals surface area contributed by atoms with Gasteiger partial charge in [0.05, 0.1) is 18.0 Å². The van der Waals surface area contributed by atoms with Crippen LogP contribution >= 0.6 is 11.6 Å². The predicted octanol–water partition coefficient (Wildman–Crippen LogP) is 2.84. The molecule has 1 aliphatic carbocycles. The first-order valence-electron chi connectivity index (χ1n) is 6.29. The van der Waals surface area contributed by atoms with E-state index in [4.69, 9.17) is 21.4 Å². The summed E-state index contributed by atoms with van der Waals surface area (Å²) in [6.45, 7) is 0. The van der Waals surface area contributed by atoms with E-state index in [1.165, 1.54) is 13.3 Å². The molecule has 0 amide bonds. The van der Waals surface area contributed by atoms with Gasteiger partial charge in [-0.05, 0) is 18.9 Å². The molecular weight excluding hydrogens is 301 g/mol. The lowest BCUT2D eigenvalue weighted by atomic mass is 10.1. The van der Waals surface area contributed by atoms with Crippen molar-refractivity contribution in [3.8, 4) is 5.75 Å². The molecule has 1 aliphatic rings. The van der Waals surface area contributed by atoms with Crippen LogP contribution in [0.25, 0.3) is 10.9 Å². The molecule has 3 rings (SSSR count). The average molecular weight is 312 g/mol. The van der Waals surface area contributed by atoms with Gasteiger partial charge in [0, 0.05) is 12.2 Å². The number of benzene rings is 1. The Morgan fingerprint density at radius 3 is 2.71 bits per heavy atom. The Kier molecular flexibility index (Phi) is 3.13. The number of carboxylic acids is 1. The smallest absolute Gasteiger partial charge is 0.341 e. The fraction of sp³-hybridized carbons (Fsp3) is 0.286. The number of nitrogens with zero attached hydrogens (tertiary/aromatic N) is 1. The summed E-state index contributed by atoms with van der Waals surface area (Å²) >= 11 is 5.89. The lowest BCUT2D eigenvalue weighted by Gasteiger charge is -2.15. The molecular formula is C14H11ClFNO4. The summed E-state index contributed by atoms with van der Waals surface area (Å²) < 4.78 is 20.6. The van der Waals surface area contributed by atoms with Crippen molar-refractivity contribution in [1.29, 1.82) is 0 Å². The van der Waals surface area contributed by atoms with Gasteiger partial charge in [0.15, 0.2) is 5.75 Å². The van der Waals surface area contributed by atoms with Crippen LogP contribution in [0, 0.1) is 5.82 Å². The van der Waals surface area contributed by atoms with Crippen LogP contribution in [0.3, 0.4) is 0 Å². The second-order valence-electron chi connectivity index (χ2n) is 4.92. The fourth-order valence-electron chi connectivity index (χ4n) is 2.41. The number of fused-ring (bicyclic) bond motifs is 1. The quantitative estimate of drug-likeness (QED) is 0.946. The number of methoxy groups -OCH3 is 1. The zero-order chi connectivity index (χ0) is 15.3. The molecule has 1 heterocycles. The number of carbonyl (C=O) groups is 1. The van der Waals surface area contributed by atoms with Crippen molar-refractivity contribution in [3.63, 3.8) is 0 Å².